The van der Waals surface area contributed by atoms with Crippen LogP contribution >= 0.6 is 0 Å². The number of benzene rings is 2. The Balaban J connectivity index is 1.51. The Hall–Kier alpha value is -2.79. The van der Waals surface area contributed by atoms with E-state index in [0.29, 0.717) is 49.2 Å². The second-order valence-electron chi connectivity index (χ2n) is 14.3. The van der Waals surface area contributed by atoms with Gasteiger partial charge in [0.15, 0.2) is 6.71 Å². The summed E-state index contributed by atoms with van der Waals surface area (Å²) in [6, 6.07) is 20.0. The zero-order valence-electron chi connectivity index (χ0n) is 28.0. The lowest BCUT2D eigenvalue weighted by atomic mass is 9.22. The summed E-state index contributed by atoms with van der Waals surface area (Å²) in [5.74, 6) is 0.765. The number of esters is 2. The summed E-state index contributed by atoms with van der Waals surface area (Å²) in [6.45, 7) is 4.54. The summed E-state index contributed by atoms with van der Waals surface area (Å²) in [4.78, 5) is 28.0. The molecular weight excluding hydrogens is 570 g/mol. The van der Waals surface area contributed by atoms with Gasteiger partial charge >= 0.3 is 18.9 Å². The first-order valence-corrected chi connectivity index (χ1v) is 18.4. The van der Waals surface area contributed by atoms with Crippen LogP contribution in [-0.4, -0.2) is 44.4 Å². The maximum Gasteiger partial charge on any atom is 0.338 e. The third-order valence-electron chi connectivity index (χ3n) is 11.6. The van der Waals surface area contributed by atoms with Gasteiger partial charge in [0.2, 0.25) is 0 Å². The summed E-state index contributed by atoms with van der Waals surface area (Å²) in [5, 5.41) is 0. The van der Waals surface area contributed by atoms with Gasteiger partial charge in [-0.1, -0.05) is 137 Å². The molecule has 244 valence electrons. The molecule has 4 aliphatic rings. The van der Waals surface area contributed by atoms with E-state index in [0.717, 1.165) is 49.7 Å². The van der Waals surface area contributed by atoms with Gasteiger partial charge in [0, 0.05) is 17.5 Å². The van der Waals surface area contributed by atoms with Crippen LogP contribution in [0.2, 0.25) is 23.3 Å². The summed E-state index contributed by atoms with van der Waals surface area (Å²) in [7, 11) is 0. The van der Waals surface area contributed by atoms with E-state index < -0.39 is 0 Å². The lowest BCUT2D eigenvalue weighted by Crippen LogP contribution is -2.41. The van der Waals surface area contributed by atoms with E-state index in [9.17, 15) is 9.59 Å². The molecule has 2 unspecified atom stereocenters. The number of hydrogen-bond donors (Lipinski definition) is 0. The molecule has 2 aromatic carbocycles. The SMILES string of the molecule is CCOC(=O)/C(=C(\B1C2CCCC1CCC2)c1ccccc1)C(CC(CC)OC(=O)c1ccccc1)B1OC2CCCC1CCC2. The summed E-state index contributed by atoms with van der Waals surface area (Å²) in [5.41, 5.74) is 3.71. The van der Waals surface area contributed by atoms with Gasteiger partial charge in [0.05, 0.1) is 12.2 Å². The molecule has 0 saturated carbocycles. The van der Waals surface area contributed by atoms with Gasteiger partial charge in [-0.05, 0) is 56.1 Å². The Morgan fingerprint density at radius 1 is 0.761 bits per heavy atom. The minimum atomic E-state index is -0.350. The lowest BCUT2D eigenvalue weighted by molar-refractivity contribution is -0.138. The molecule has 4 aliphatic heterocycles. The summed E-state index contributed by atoms with van der Waals surface area (Å²) in [6.07, 6.45) is 15.2. The molecule has 4 saturated heterocycles. The van der Waals surface area contributed by atoms with E-state index in [1.807, 2.05) is 37.3 Å². The van der Waals surface area contributed by atoms with E-state index >= 15 is 0 Å². The topological polar surface area (TPSA) is 61.8 Å². The fourth-order valence-corrected chi connectivity index (χ4v) is 9.48. The Kier molecular flexibility index (Phi) is 11.4. The second kappa shape index (κ2) is 15.9. The predicted octanol–water partition coefficient (Wildman–Crippen LogP) is 9.66. The highest BCUT2D eigenvalue weighted by Crippen LogP contribution is 2.54. The molecule has 5 nitrogen and oxygen atoms in total. The van der Waals surface area contributed by atoms with Crippen LogP contribution < -0.4 is 0 Å². The molecule has 2 aromatic rings. The van der Waals surface area contributed by atoms with E-state index in [2.05, 4.69) is 37.3 Å². The molecule has 46 heavy (non-hydrogen) atoms. The zero-order valence-corrected chi connectivity index (χ0v) is 28.0. The van der Waals surface area contributed by atoms with Crippen LogP contribution in [0.4, 0.5) is 0 Å². The van der Waals surface area contributed by atoms with E-state index in [-0.39, 0.29) is 36.9 Å². The number of ether oxygens (including phenoxy) is 2. The molecule has 0 aliphatic carbocycles. The van der Waals surface area contributed by atoms with E-state index in [1.54, 1.807) is 0 Å². The Bertz CT molecular complexity index is 1300. The lowest BCUT2D eigenvalue weighted by Gasteiger charge is -2.43. The second-order valence-corrected chi connectivity index (χ2v) is 14.3. The zero-order chi connectivity index (χ0) is 31.9. The van der Waals surface area contributed by atoms with Crippen LogP contribution in [0.25, 0.3) is 5.47 Å². The fourth-order valence-electron chi connectivity index (χ4n) is 9.48. The molecule has 0 spiro atoms. The van der Waals surface area contributed by atoms with Gasteiger partial charge in [0.25, 0.3) is 0 Å². The molecule has 6 rings (SSSR count). The van der Waals surface area contributed by atoms with E-state index in [4.69, 9.17) is 14.1 Å². The van der Waals surface area contributed by atoms with Gasteiger partial charge in [-0.3, -0.25) is 0 Å². The number of carbonyl (C=O) groups excluding carboxylic acids is 2. The summed E-state index contributed by atoms with van der Waals surface area (Å²) < 4.78 is 19.4. The number of carbonyl (C=O) groups is 2. The van der Waals surface area contributed by atoms with Crippen molar-refractivity contribution in [1.29, 1.82) is 0 Å². The molecule has 7 heteroatoms. The van der Waals surface area contributed by atoms with Crippen molar-refractivity contribution in [3.05, 3.63) is 77.4 Å². The van der Waals surface area contributed by atoms with Crippen molar-refractivity contribution >= 4 is 31.0 Å². The summed E-state index contributed by atoms with van der Waals surface area (Å²) >= 11 is 0. The van der Waals surface area contributed by atoms with Crippen LogP contribution in [0.15, 0.2) is 66.2 Å². The number of rotatable bonds is 11. The van der Waals surface area contributed by atoms with Gasteiger partial charge in [-0.2, -0.15) is 0 Å². The Morgan fingerprint density at radius 2 is 1.30 bits per heavy atom. The normalized spacial score (nSPS) is 26.3. The quantitative estimate of drug-likeness (QED) is 0.142. The third-order valence-corrected chi connectivity index (χ3v) is 11.6. The van der Waals surface area contributed by atoms with Gasteiger partial charge < -0.3 is 14.1 Å². The van der Waals surface area contributed by atoms with Crippen molar-refractivity contribution in [2.24, 2.45) is 0 Å². The molecule has 2 atom stereocenters. The Morgan fingerprint density at radius 3 is 1.87 bits per heavy atom. The molecule has 4 fully saturated rings. The first-order chi connectivity index (χ1) is 22.6. The van der Waals surface area contributed by atoms with Crippen LogP contribution in [-0.2, 0) is 18.9 Å². The highest BCUT2D eigenvalue weighted by Gasteiger charge is 2.49. The standard InChI is InChI=1S/C39H52B2O5/c1-3-33(45-38(42)29-17-9-6-10-18-29)27-35(41-32-23-13-25-34(46-41)26-14-24-32)36(39(43)44-4-2)37(28-15-7-5-8-16-28)40-30-19-11-20-31(40)22-12-21-30/h5-10,15-18,30-35H,3-4,11-14,19-27H2,1-2H3/b37-36-. The molecular formula is C39H52B2O5. The van der Waals surface area contributed by atoms with Gasteiger partial charge in [-0.25, -0.2) is 9.59 Å². The average Bonchev–Trinajstić information content (AvgIpc) is 3.40. The van der Waals surface area contributed by atoms with Crippen LogP contribution in [0.5, 0.6) is 0 Å². The molecule has 4 heterocycles. The molecule has 0 aromatic heterocycles. The minimum Gasteiger partial charge on any atom is -0.463 e. The Labute approximate surface area is 277 Å². The first-order valence-electron chi connectivity index (χ1n) is 18.4. The largest absolute Gasteiger partial charge is 0.463 e. The number of fused-ring (bicyclic) bond motifs is 5. The molecule has 4 bridgehead atoms. The highest BCUT2D eigenvalue weighted by atomic mass is 16.5. The van der Waals surface area contributed by atoms with Crippen molar-refractivity contribution in [3.63, 3.8) is 0 Å². The molecule has 0 radical (unpaired) electrons. The average molecular weight is 622 g/mol. The first kappa shape index (κ1) is 33.1. The maximum absolute atomic E-state index is 14.7. The van der Waals surface area contributed by atoms with Crippen LogP contribution in [0.3, 0.4) is 0 Å². The van der Waals surface area contributed by atoms with E-state index in [1.165, 1.54) is 44.0 Å². The van der Waals surface area contributed by atoms with Crippen molar-refractivity contribution in [2.75, 3.05) is 6.61 Å². The maximum atomic E-state index is 14.7. The molecule has 0 N–H and O–H groups in total. The van der Waals surface area contributed by atoms with Crippen molar-refractivity contribution in [2.45, 2.75) is 139 Å². The van der Waals surface area contributed by atoms with Crippen molar-refractivity contribution in [1.82, 2.24) is 0 Å². The van der Waals surface area contributed by atoms with Gasteiger partial charge in [-0.15, -0.1) is 0 Å². The fraction of sp³-hybridized carbons (Fsp3) is 0.590. The smallest absolute Gasteiger partial charge is 0.338 e. The monoisotopic (exact) mass is 622 g/mol. The van der Waals surface area contributed by atoms with Crippen molar-refractivity contribution in [3.8, 4) is 0 Å². The van der Waals surface area contributed by atoms with Crippen LogP contribution in [0, 0.1) is 0 Å². The van der Waals surface area contributed by atoms with Crippen molar-refractivity contribution < 1.29 is 23.7 Å². The minimum absolute atomic E-state index is 0.110. The highest BCUT2D eigenvalue weighted by molar-refractivity contribution is 6.83. The third kappa shape index (κ3) is 7.51. The predicted molar refractivity (Wildman–Crippen MR) is 187 cm³/mol. The van der Waals surface area contributed by atoms with Crippen LogP contribution in [0.1, 0.15) is 120 Å². The van der Waals surface area contributed by atoms with Gasteiger partial charge in [0.1, 0.15) is 6.10 Å². The molecule has 0 amide bonds. The number of hydrogen-bond acceptors (Lipinski definition) is 5.